The Morgan fingerprint density at radius 3 is 1.90 bits per heavy atom. The lowest BCUT2D eigenvalue weighted by atomic mass is 9.88. The molecule has 4 aromatic rings. The minimum absolute atomic E-state index is 0.0796. The van der Waals surface area contributed by atoms with Crippen LogP contribution in [0.25, 0.3) is 33.0 Å². The second-order valence-corrected chi connectivity index (χ2v) is 7.49. The van der Waals surface area contributed by atoms with Crippen LogP contribution in [0.3, 0.4) is 0 Å². The van der Waals surface area contributed by atoms with Crippen LogP contribution in [0.5, 0.6) is 0 Å². The topological polar surface area (TPSA) is 69.4 Å². The van der Waals surface area contributed by atoms with Crippen molar-refractivity contribution >= 4 is 22.4 Å². The highest BCUT2D eigenvalue weighted by molar-refractivity contribution is 6.07. The number of aryl methyl sites for hydroxylation is 2. The molecule has 0 bridgehead atoms. The predicted molar refractivity (Wildman–Crippen MR) is 122 cm³/mol. The fourth-order valence-corrected chi connectivity index (χ4v) is 4.06. The maximum atomic E-state index is 11.9. The molecule has 0 radical (unpaired) electrons. The van der Waals surface area contributed by atoms with Crippen molar-refractivity contribution in [2.75, 3.05) is 7.11 Å². The third-order valence-electron chi connectivity index (χ3n) is 5.55. The zero-order chi connectivity index (χ0) is 22.1. The first-order chi connectivity index (χ1) is 14.9. The number of carbonyl (C=O) groups is 1. The molecule has 0 amide bonds. The van der Waals surface area contributed by atoms with E-state index in [1.807, 2.05) is 50.2 Å². The molecule has 0 fully saturated rings. The summed E-state index contributed by atoms with van der Waals surface area (Å²) in [5, 5.41) is 13.3. The number of nitrogens with zero attached hydrogens (tertiary/aromatic N) is 1. The van der Waals surface area contributed by atoms with Crippen LogP contribution in [-0.4, -0.2) is 18.0 Å². The molecule has 5 heteroatoms. The largest absolute Gasteiger partial charge is 0.465 e. The van der Waals surface area contributed by atoms with E-state index in [1.165, 1.54) is 7.11 Å². The molecule has 5 nitrogen and oxygen atoms in total. The van der Waals surface area contributed by atoms with Gasteiger partial charge in [-0.1, -0.05) is 42.5 Å². The molecule has 0 aliphatic carbocycles. The fraction of sp³-hybridized carbons (Fsp3) is 0.115. The number of nitro benzene ring substituents is 1. The first kappa shape index (κ1) is 20.3. The number of ether oxygens (including phenoxy) is 1. The molecule has 0 spiro atoms. The minimum Gasteiger partial charge on any atom is -0.465 e. The molecular formula is C26H21NO4. The molecule has 0 N–H and O–H groups in total. The van der Waals surface area contributed by atoms with E-state index in [9.17, 15) is 14.9 Å². The number of nitro groups is 1. The van der Waals surface area contributed by atoms with Crippen LogP contribution >= 0.6 is 0 Å². The molecule has 4 rings (SSSR count). The van der Waals surface area contributed by atoms with E-state index < -0.39 is 0 Å². The lowest BCUT2D eigenvalue weighted by Crippen LogP contribution is -2.01. The van der Waals surface area contributed by atoms with Crippen LogP contribution in [-0.2, 0) is 4.74 Å². The summed E-state index contributed by atoms with van der Waals surface area (Å²) in [4.78, 5) is 22.7. The molecule has 0 aromatic heterocycles. The normalized spacial score (nSPS) is 10.8. The van der Waals surface area contributed by atoms with Crippen molar-refractivity contribution in [3.63, 3.8) is 0 Å². The van der Waals surface area contributed by atoms with Crippen molar-refractivity contribution in [2.24, 2.45) is 0 Å². The molecule has 0 saturated carbocycles. The van der Waals surface area contributed by atoms with Crippen molar-refractivity contribution in [1.29, 1.82) is 0 Å². The van der Waals surface area contributed by atoms with Gasteiger partial charge in [-0.25, -0.2) is 4.79 Å². The third-order valence-corrected chi connectivity index (χ3v) is 5.55. The smallest absolute Gasteiger partial charge is 0.337 e. The average Bonchev–Trinajstić information content (AvgIpc) is 2.77. The van der Waals surface area contributed by atoms with E-state index in [4.69, 9.17) is 4.74 Å². The SMILES string of the molecule is COC(=O)c1ccc(-c2cccc3cccc(-c4ccc([N+](=O)[O-])cc4C)c23)c(C)c1. The molecule has 0 unspecified atom stereocenters. The first-order valence-electron chi connectivity index (χ1n) is 9.87. The second-order valence-electron chi connectivity index (χ2n) is 7.49. The molecule has 0 heterocycles. The highest BCUT2D eigenvalue weighted by atomic mass is 16.6. The summed E-state index contributed by atoms with van der Waals surface area (Å²) in [6, 6.07) is 22.7. The van der Waals surface area contributed by atoms with Crippen molar-refractivity contribution in [3.05, 3.63) is 99.6 Å². The maximum absolute atomic E-state index is 11.9. The molecule has 0 aliphatic heterocycles. The van der Waals surface area contributed by atoms with Crippen LogP contribution in [0.4, 0.5) is 5.69 Å². The molecule has 31 heavy (non-hydrogen) atoms. The monoisotopic (exact) mass is 411 g/mol. The standard InChI is InChI=1S/C26H21NO4/c1-16-14-19(26(28)31-3)10-12-21(16)23-8-4-6-18-7-5-9-24(25(18)23)22-13-11-20(27(29)30)15-17(22)2/h4-15H,1-3H3. The molecule has 0 saturated heterocycles. The summed E-state index contributed by atoms with van der Waals surface area (Å²) in [6.45, 7) is 3.86. The summed E-state index contributed by atoms with van der Waals surface area (Å²) in [7, 11) is 1.37. The van der Waals surface area contributed by atoms with Crippen molar-refractivity contribution in [1.82, 2.24) is 0 Å². The summed E-state index contributed by atoms with van der Waals surface area (Å²) in [5.74, 6) is -0.366. The third kappa shape index (κ3) is 3.66. The Balaban J connectivity index is 1.96. The van der Waals surface area contributed by atoms with Gasteiger partial charge >= 0.3 is 5.97 Å². The molecule has 0 aliphatic rings. The fourth-order valence-electron chi connectivity index (χ4n) is 4.06. The van der Waals surface area contributed by atoms with Crippen LogP contribution in [0.15, 0.2) is 72.8 Å². The Kier molecular flexibility index (Phi) is 5.26. The Morgan fingerprint density at radius 1 is 0.806 bits per heavy atom. The van der Waals surface area contributed by atoms with E-state index in [0.29, 0.717) is 5.56 Å². The lowest BCUT2D eigenvalue weighted by Gasteiger charge is -2.16. The van der Waals surface area contributed by atoms with Crippen molar-refractivity contribution < 1.29 is 14.5 Å². The lowest BCUT2D eigenvalue weighted by molar-refractivity contribution is -0.384. The van der Waals surface area contributed by atoms with E-state index in [1.54, 1.807) is 18.2 Å². The van der Waals surface area contributed by atoms with Crippen molar-refractivity contribution in [3.8, 4) is 22.3 Å². The Bertz CT molecular complexity index is 1340. The van der Waals surface area contributed by atoms with Gasteiger partial charge in [0.1, 0.15) is 0 Å². The summed E-state index contributed by atoms with van der Waals surface area (Å²) >= 11 is 0. The number of esters is 1. The van der Waals surface area contributed by atoms with Gasteiger partial charge in [-0.15, -0.1) is 0 Å². The molecule has 4 aromatic carbocycles. The zero-order valence-electron chi connectivity index (χ0n) is 17.5. The van der Waals surface area contributed by atoms with E-state index in [0.717, 1.165) is 44.2 Å². The second kappa shape index (κ2) is 8.03. The number of hydrogen-bond donors (Lipinski definition) is 0. The maximum Gasteiger partial charge on any atom is 0.337 e. The zero-order valence-corrected chi connectivity index (χ0v) is 17.5. The summed E-state index contributed by atoms with van der Waals surface area (Å²) in [6.07, 6.45) is 0. The Morgan fingerprint density at radius 2 is 1.39 bits per heavy atom. The number of non-ortho nitro benzene ring substituents is 1. The van der Waals surface area contributed by atoms with Gasteiger partial charge in [0.2, 0.25) is 0 Å². The van der Waals surface area contributed by atoms with Gasteiger partial charge in [0.15, 0.2) is 0 Å². The number of methoxy groups -OCH3 is 1. The van der Waals surface area contributed by atoms with E-state index >= 15 is 0 Å². The van der Waals surface area contributed by atoms with Gasteiger partial charge in [0.05, 0.1) is 17.6 Å². The quantitative estimate of drug-likeness (QED) is 0.219. The highest BCUT2D eigenvalue weighted by Crippen LogP contribution is 2.39. The number of rotatable bonds is 4. The van der Waals surface area contributed by atoms with Gasteiger partial charge in [0, 0.05) is 12.1 Å². The molecular weight excluding hydrogens is 390 g/mol. The van der Waals surface area contributed by atoms with Gasteiger partial charge in [-0.05, 0) is 76.2 Å². The highest BCUT2D eigenvalue weighted by Gasteiger charge is 2.16. The van der Waals surface area contributed by atoms with Gasteiger partial charge < -0.3 is 4.74 Å². The van der Waals surface area contributed by atoms with Crippen LogP contribution in [0.2, 0.25) is 0 Å². The summed E-state index contributed by atoms with van der Waals surface area (Å²) < 4.78 is 4.84. The Hall–Kier alpha value is -3.99. The first-order valence-corrected chi connectivity index (χ1v) is 9.87. The average molecular weight is 411 g/mol. The number of fused-ring (bicyclic) bond motifs is 1. The molecule has 0 atom stereocenters. The van der Waals surface area contributed by atoms with E-state index in [2.05, 4.69) is 18.2 Å². The van der Waals surface area contributed by atoms with E-state index in [-0.39, 0.29) is 16.6 Å². The number of benzene rings is 4. The van der Waals surface area contributed by atoms with Gasteiger partial charge in [0.25, 0.3) is 5.69 Å². The van der Waals surface area contributed by atoms with Gasteiger partial charge in [-0.3, -0.25) is 10.1 Å². The van der Waals surface area contributed by atoms with Gasteiger partial charge in [-0.2, -0.15) is 0 Å². The van der Waals surface area contributed by atoms with Crippen LogP contribution < -0.4 is 0 Å². The predicted octanol–water partition coefficient (Wildman–Crippen LogP) is 6.49. The van der Waals surface area contributed by atoms with Crippen molar-refractivity contribution in [2.45, 2.75) is 13.8 Å². The Labute approximate surface area is 180 Å². The number of hydrogen-bond acceptors (Lipinski definition) is 4. The van der Waals surface area contributed by atoms with Crippen LogP contribution in [0.1, 0.15) is 21.5 Å². The van der Waals surface area contributed by atoms with Crippen LogP contribution in [0, 0.1) is 24.0 Å². The minimum atomic E-state index is -0.377. The summed E-state index contributed by atoms with van der Waals surface area (Å²) in [5.41, 5.74) is 6.42. The number of carbonyl (C=O) groups excluding carboxylic acids is 1. The molecule has 154 valence electrons.